The Kier molecular flexibility index (Phi) is 10.6. The summed E-state index contributed by atoms with van der Waals surface area (Å²) in [5, 5.41) is 2.48. The van der Waals surface area contributed by atoms with Gasteiger partial charge < -0.3 is 14.4 Å². The molecule has 1 fully saturated rings. The molecule has 0 atom stereocenters. The zero-order valence-corrected chi connectivity index (χ0v) is 37.3. The molecule has 0 saturated carbocycles. The Morgan fingerprint density at radius 2 is 1.02 bits per heavy atom. The molecule has 0 unspecified atom stereocenters. The van der Waals surface area contributed by atoms with Gasteiger partial charge in [0, 0.05) is 50.2 Å². The molecule has 8 aromatic rings. The smallest absolute Gasteiger partial charge is 0.0994 e. The highest BCUT2D eigenvalue weighted by atomic mass is 15.3. The second-order valence-electron chi connectivity index (χ2n) is 18.4. The number of nitrogens with zero attached hydrogens (tertiary/aromatic N) is 3. The lowest BCUT2D eigenvalue weighted by atomic mass is 9.71. The minimum atomic E-state index is -0.0600. The largest absolute Gasteiger partial charge is 0.353 e. The molecule has 0 N–H and O–H groups in total. The number of rotatable bonds is 11. The third kappa shape index (κ3) is 7.02. The van der Waals surface area contributed by atoms with Crippen molar-refractivity contribution in [3.63, 3.8) is 0 Å². The van der Waals surface area contributed by atoms with Crippen LogP contribution in [0.25, 0.3) is 38.6 Å². The number of anilines is 4. The van der Waals surface area contributed by atoms with Gasteiger partial charge in [-0.25, -0.2) is 0 Å². The molecule has 1 aromatic heterocycles. The summed E-state index contributed by atoms with van der Waals surface area (Å²) >= 11 is 0. The van der Waals surface area contributed by atoms with E-state index in [1.165, 1.54) is 67.0 Å². The molecule has 9 rings (SSSR count). The summed E-state index contributed by atoms with van der Waals surface area (Å²) in [6, 6.07) is 64.3. The Balaban J connectivity index is 1.21. The highest BCUT2D eigenvalue weighted by Crippen LogP contribution is 2.60. The third-order valence-corrected chi connectivity index (χ3v) is 13.6. The molecule has 1 saturated heterocycles. The standard InChI is InChI=1S/C58H60N3/c1-9-58(10-2)39-57(7,8)61(55-49(40(3)4)25-19-26-50(55)41(5)6)56(58)44-30-34-47(35-31-44)59(46-32-28-43(29-33-46)42-20-13-11-14-21-42)48-36-37-54-52(38-48)51-24-17-18-27-53(51)60(54)45-22-15-12-16-23-45/h11-38,40-41H,9-10,39H2,1-8H3. The van der Waals surface area contributed by atoms with Gasteiger partial charge in [-0.2, -0.15) is 0 Å². The number of fused-ring (bicyclic) bond motifs is 3. The molecule has 61 heavy (non-hydrogen) atoms. The Hall–Kier alpha value is -6.06. The van der Waals surface area contributed by atoms with E-state index in [0.717, 1.165) is 36.3 Å². The lowest BCUT2D eigenvalue weighted by Gasteiger charge is -2.43. The maximum atomic E-state index is 2.79. The average molecular weight is 799 g/mol. The van der Waals surface area contributed by atoms with Gasteiger partial charge >= 0.3 is 0 Å². The van der Waals surface area contributed by atoms with E-state index in [1.807, 2.05) is 0 Å². The van der Waals surface area contributed by atoms with Gasteiger partial charge in [-0.3, -0.25) is 0 Å². The van der Waals surface area contributed by atoms with Crippen molar-refractivity contribution >= 4 is 44.6 Å². The van der Waals surface area contributed by atoms with Gasteiger partial charge in [-0.05, 0) is 133 Å². The van der Waals surface area contributed by atoms with Crippen LogP contribution in [-0.2, 0) is 0 Å². The van der Waals surface area contributed by atoms with Crippen molar-refractivity contribution in [2.75, 3.05) is 9.80 Å². The zero-order valence-electron chi connectivity index (χ0n) is 37.3. The summed E-state index contributed by atoms with van der Waals surface area (Å²) in [6.45, 7) is 19.2. The van der Waals surface area contributed by atoms with Gasteiger partial charge in [0.25, 0.3) is 0 Å². The number of para-hydroxylation sites is 3. The van der Waals surface area contributed by atoms with E-state index in [1.54, 1.807) is 0 Å². The van der Waals surface area contributed by atoms with E-state index < -0.39 is 0 Å². The molecule has 307 valence electrons. The fourth-order valence-corrected chi connectivity index (χ4v) is 10.6. The van der Waals surface area contributed by atoms with Crippen LogP contribution in [0.3, 0.4) is 0 Å². The normalized spacial score (nSPS) is 15.1. The quantitative estimate of drug-likeness (QED) is 0.129. The number of benzene rings is 7. The van der Waals surface area contributed by atoms with Crippen LogP contribution in [0.4, 0.5) is 22.7 Å². The highest BCUT2D eigenvalue weighted by molar-refractivity contribution is 6.10. The number of hydrogen-bond acceptors (Lipinski definition) is 2. The summed E-state index contributed by atoms with van der Waals surface area (Å²) in [5.74, 6) is 0.819. The van der Waals surface area contributed by atoms with E-state index >= 15 is 0 Å². The van der Waals surface area contributed by atoms with Gasteiger partial charge in [0.2, 0.25) is 0 Å². The summed E-state index contributed by atoms with van der Waals surface area (Å²) in [4.78, 5) is 5.22. The molecule has 2 heterocycles. The molecule has 3 heteroatoms. The van der Waals surface area contributed by atoms with Crippen LogP contribution in [0, 0.1) is 11.5 Å². The third-order valence-electron chi connectivity index (χ3n) is 13.6. The Morgan fingerprint density at radius 3 is 1.61 bits per heavy atom. The van der Waals surface area contributed by atoms with Crippen molar-refractivity contribution in [1.29, 1.82) is 0 Å². The van der Waals surface area contributed by atoms with Crippen molar-refractivity contribution in [3.8, 4) is 16.8 Å². The first kappa shape index (κ1) is 40.4. The first-order valence-electron chi connectivity index (χ1n) is 22.5. The molecule has 0 amide bonds. The summed E-state index contributed by atoms with van der Waals surface area (Å²) < 4.78 is 2.39. The lowest BCUT2D eigenvalue weighted by Crippen LogP contribution is -2.42. The fraction of sp³-hybridized carbons (Fsp3) is 0.259. The number of hydrogen-bond donors (Lipinski definition) is 0. The molecular weight excluding hydrogens is 739 g/mol. The van der Waals surface area contributed by atoms with Crippen LogP contribution in [0.5, 0.6) is 0 Å². The lowest BCUT2D eigenvalue weighted by molar-refractivity contribution is 0.284. The van der Waals surface area contributed by atoms with Gasteiger partial charge in [0.15, 0.2) is 0 Å². The molecule has 0 spiro atoms. The van der Waals surface area contributed by atoms with E-state index in [-0.39, 0.29) is 11.0 Å². The molecule has 1 aliphatic heterocycles. The van der Waals surface area contributed by atoms with Crippen LogP contribution in [0.15, 0.2) is 170 Å². The maximum absolute atomic E-state index is 2.79. The molecule has 1 aliphatic rings. The van der Waals surface area contributed by atoms with Crippen LogP contribution in [-0.4, -0.2) is 10.1 Å². The molecular formula is C58H60N3. The summed E-state index contributed by atoms with van der Waals surface area (Å²) in [6.07, 6.45) is 3.31. The highest BCUT2D eigenvalue weighted by Gasteiger charge is 2.56. The van der Waals surface area contributed by atoms with E-state index in [0.29, 0.717) is 11.8 Å². The number of aromatic nitrogens is 1. The van der Waals surface area contributed by atoms with Crippen molar-refractivity contribution < 1.29 is 0 Å². The van der Waals surface area contributed by atoms with Crippen LogP contribution in [0.2, 0.25) is 0 Å². The van der Waals surface area contributed by atoms with Gasteiger partial charge in [-0.1, -0.05) is 151 Å². The van der Waals surface area contributed by atoms with Gasteiger partial charge in [0.1, 0.15) is 0 Å². The van der Waals surface area contributed by atoms with Crippen molar-refractivity contribution in [1.82, 2.24) is 4.57 Å². The predicted molar refractivity (Wildman–Crippen MR) is 262 cm³/mol. The van der Waals surface area contributed by atoms with Crippen molar-refractivity contribution in [2.24, 2.45) is 5.41 Å². The summed E-state index contributed by atoms with van der Waals surface area (Å²) in [7, 11) is 0. The molecule has 1 radical (unpaired) electrons. The van der Waals surface area contributed by atoms with Crippen molar-refractivity contribution in [2.45, 2.75) is 92.0 Å². The SMILES string of the molecule is CCC1(CC)CC(C)(C)N(c2c(C(C)C)cccc2C(C)C)[C]1c1ccc(N(c2ccc(-c3ccccc3)cc2)c2ccc3c(c2)c2ccccc2n3-c2ccccc2)cc1. The Bertz CT molecular complexity index is 2740. The van der Waals surface area contributed by atoms with Crippen LogP contribution < -0.4 is 9.80 Å². The first-order valence-corrected chi connectivity index (χ1v) is 22.5. The van der Waals surface area contributed by atoms with Crippen LogP contribution in [0.1, 0.15) is 103 Å². The van der Waals surface area contributed by atoms with Crippen LogP contribution >= 0.6 is 0 Å². The zero-order chi connectivity index (χ0) is 42.5. The van der Waals surface area contributed by atoms with Gasteiger partial charge in [0.05, 0.1) is 17.1 Å². The first-order chi connectivity index (χ1) is 29.5. The molecule has 3 nitrogen and oxygen atoms in total. The second-order valence-corrected chi connectivity index (χ2v) is 18.4. The molecule has 0 bridgehead atoms. The van der Waals surface area contributed by atoms with Gasteiger partial charge in [-0.15, -0.1) is 0 Å². The molecule has 7 aromatic carbocycles. The van der Waals surface area contributed by atoms with E-state index in [9.17, 15) is 0 Å². The van der Waals surface area contributed by atoms with E-state index in [2.05, 4.69) is 240 Å². The van der Waals surface area contributed by atoms with Crippen molar-refractivity contribution in [3.05, 3.63) is 193 Å². The minimum absolute atomic E-state index is 0.0499. The maximum Gasteiger partial charge on any atom is 0.0994 e. The second kappa shape index (κ2) is 16.1. The topological polar surface area (TPSA) is 11.4 Å². The minimum Gasteiger partial charge on any atom is -0.353 e. The summed E-state index contributed by atoms with van der Waals surface area (Å²) in [5.41, 5.74) is 15.0. The fourth-order valence-electron chi connectivity index (χ4n) is 10.6. The Labute approximate surface area is 364 Å². The predicted octanol–water partition coefficient (Wildman–Crippen LogP) is 16.5. The average Bonchev–Trinajstić information content (AvgIpc) is 3.75. The van der Waals surface area contributed by atoms with E-state index in [4.69, 9.17) is 0 Å². The monoisotopic (exact) mass is 798 g/mol. The molecule has 0 aliphatic carbocycles. The Morgan fingerprint density at radius 1 is 0.508 bits per heavy atom.